The molecule has 11 atom stereocenters. The SMILES string of the molecule is CC(=O)c1c(C)nc2ccccc2c1NCc1ccc(C#CC2(O)CCC3(C)C(CC(O)C4C3CC(O)C3(C)C(C(C)CCC(=O)O)CCC43)C2)c(F)c1. The number of Topliss-reactive ketones (excluding diaryl/α,β-unsaturated/α-hetero) is 1. The lowest BCUT2D eigenvalue weighted by Gasteiger charge is -2.64. The molecule has 0 saturated heterocycles. The molecule has 0 amide bonds. The molecule has 0 aliphatic heterocycles. The van der Waals surface area contributed by atoms with Gasteiger partial charge in [0.25, 0.3) is 0 Å². The number of aromatic nitrogens is 1. The van der Waals surface area contributed by atoms with Gasteiger partial charge in [-0.3, -0.25) is 14.6 Å². The lowest BCUT2D eigenvalue weighted by Crippen LogP contribution is -2.63. The van der Waals surface area contributed by atoms with Gasteiger partial charge in [0.2, 0.25) is 0 Å². The number of aliphatic carboxylic acids is 1. The standard InChI is InChI=1S/C45H55FN2O6/c1-25(10-15-39(52)53)32-13-14-33-41-34(22-38(51)44(32,33)5)43(4)18-19-45(54,23-30(43)21-37(41)50)17-16-29-12-11-28(20-35(29)46)24-47-42-31-8-6-7-9-36(31)48-26(2)40(42)27(3)49/h6-9,11-12,20,25,30,32-34,37-38,41,50-51,54H,10,13-15,18-19,21-24H2,1-5H3,(H,47,48)(H,52,53). The predicted molar refractivity (Wildman–Crippen MR) is 206 cm³/mol. The number of hydrogen-bond donors (Lipinski definition) is 5. The van der Waals surface area contributed by atoms with Gasteiger partial charge in [0.05, 0.1) is 40.2 Å². The van der Waals surface area contributed by atoms with Crippen molar-refractivity contribution in [1.82, 2.24) is 4.98 Å². The highest BCUT2D eigenvalue weighted by molar-refractivity contribution is 6.08. The van der Waals surface area contributed by atoms with Crippen LogP contribution in [0.25, 0.3) is 10.9 Å². The van der Waals surface area contributed by atoms with Crippen molar-refractivity contribution in [2.24, 2.45) is 46.3 Å². The fourth-order valence-corrected chi connectivity index (χ4v) is 11.9. The number of anilines is 1. The quantitative estimate of drug-likeness (QED) is 0.117. The van der Waals surface area contributed by atoms with E-state index < -0.39 is 29.6 Å². The molecule has 4 fully saturated rings. The largest absolute Gasteiger partial charge is 0.481 e. The van der Waals surface area contributed by atoms with Gasteiger partial charge in [0.15, 0.2) is 5.78 Å². The predicted octanol–water partition coefficient (Wildman–Crippen LogP) is 7.68. The molecule has 4 aliphatic rings. The number of halogens is 1. The molecule has 54 heavy (non-hydrogen) atoms. The first-order valence-electron chi connectivity index (χ1n) is 19.8. The van der Waals surface area contributed by atoms with Crippen molar-refractivity contribution in [3.63, 3.8) is 0 Å². The number of carbonyl (C=O) groups is 2. The Hall–Kier alpha value is -3.84. The van der Waals surface area contributed by atoms with Crippen molar-refractivity contribution in [3.05, 3.63) is 70.7 Å². The summed E-state index contributed by atoms with van der Waals surface area (Å²) in [4.78, 5) is 28.5. The summed E-state index contributed by atoms with van der Waals surface area (Å²) < 4.78 is 15.5. The second-order valence-electron chi connectivity index (χ2n) is 17.7. The van der Waals surface area contributed by atoms with Crippen LogP contribution in [0.3, 0.4) is 0 Å². The van der Waals surface area contributed by atoms with Crippen LogP contribution < -0.4 is 5.32 Å². The summed E-state index contributed by atoms with van der Waals surface area (Å²) in [6.07, 6.45) is 4.11. The van der Waals surface area contributed by atoms with Gasteiger partial charge >= 0.3 is 5.97 Å². The van der Waals surface area contributed by atoms with Gasteiger partial charge in [-0.25, -0.2) is 4.39 Å². The Labute approximate surface area is 318 Å². The summed E-state index contributed by atoms with van der Waals surface area (Å²) in [7, 11) is 0. The summed E-state index contributed by atoms with van der Waals surface area (Å²) in [5.74, 6) is 5.28. The van der Waals surface area contributed by atoms with Crippen molar-refractivity contribution < 1.29 is 34.4 Å². The van der Waals surface area contributed by atoms with Gasteiger partial charge in [-0.15, -0.1) is 0 Å². The van der Waals surface area contributed by atoms with Crippen LogP contribution in [-0.2, 0) is 11.3 Å². The van der Waals surface area contributed by atoms with Crippen molar-refractivity contribution in [2.45, 2.75) is 117 Å². The lowest BCUT2D eigenvalue weighted by atomic mass is 9.42. The van der Waals surface area contributed by atoms with Crippen LogP contribution in [0.4, 0.5) is 10.1 Å². The van der Waals surface area contributed by atoms with Gasteiger partial charge in [-0.05, 0) is 135 Å². The molecule has 0 bridgehead atoms. The van der Waals surface area contributed by atoms with Crippen molar-refractivity contribution in [1.29, 1.82) is 0 Å². The van der Waals surface area contributed by atoms with Crippen molar-refractivity contribution in [3.8, 4) is 11.8 Å². The Kier molecular flexibility index (Phi) is 10.2. The average Bonchev–Trinajstić information content (AvgIpc) is 3.48. The number of ketones is 1. The fourth-order valence-electron chi connectivity index (χ4n) is 11.9. The van der Waals surface area contributed by atoms with E-state index in [0.717, 1.165) is 23.7 Å². The smallest absolute Gasteiger partial charge is 0.303 e. The number of rotatable bonds is 8. The minimum absolute atomic E-state index is 0.00357. The molecule has 4 saturated carbocycles. The third-order valence-corrected chi connectivity index (χ3v) is 14.8. The van der Waals surface area contributed by atoms with E-state index in [1.165, 1.54) is 13.0 Å². The molecule has 2 aromatic carbocycles. The molecular weight excluding hydrogens is 684 g/mol. The highest BCUT2D eigenvalue weighted by Gasteiger charge is 2.66. The summed E-state index contributed by atoms with van der Waals surface area (Å²) >= 11 is 0. The number of aryl methyl sites for hydroxylation is 1. The normalized spacial score (nSPS) is 34.9. The number of carboxylic acid groups (broad SMARTS) is 1. The first kappa shape index (κ1) is 38.4. The van der Waals surface area contributed by atoms with E-state index in [4.69, 9.17) is 0 Å². The number of aliphatic hydroxyl groups is 3. The van der Waals surface area contributed by atoms with Crippen LogP contribution in [0.5, 0.6) is 0 Å². The number of carboxylic acids is 1. The van der Waals surface area contributed by atoms with E-state index >= 15 is 4.39 Å². The molecule has 0 radical (unpaired) electrons. The molecule has 8 nitrogen and oxygen atoms in total. The zero-order valence-corrected chi connectivity index (χ0v) is 32.2. The number of pyridine rings is 1. The number of nitrogens with one attached hydrogen (secondary N) is 1. The first-order valence-corrected chi connectivity index (χ1v) is 19.8. The number of aliphatic hydroxyl groups excluding tert-OH is 2. The maximum Gasteiger partial charge on any atom is 0.303 e. The van der Waals surface area contributed by atoms with E-state index in [2.05, 4.69) is 42.9 Å². The Morgan fingerprint density at radius 2 is 1.83 bits per heavy atom. The number of fused-ring (bicyclic) bond motifs is 6. The second-order valence-corrected chi connectivity index (χ2v) is 17.7. The van der Waals surface area contributed by atoms with Crippen molar-refractivity contribution >= 4 is 28.3 Å². The maximum absolute atomic E-state index is 15.5. The minimum atomic E-state index is -1.33. The maximum atomic E-state index is 15.5. The zero-order chi connectivity index (χ0) is 38.7. The minimum Gasteiger partial charge on any atom is -0.481 e. The van der Waals surface area contributed by atoms with Crippen LogP contribution >= 0.6 is 0 Å². The molecule has 7 rings (SSSR count). The summed E-state index contributed by atoms with van der Waals surface area (Å²) in [6, 6.07) is 12.5. The van der Waals surface area contributed by atoms with E-state index in [1.807, 2.05) is 31.2 Å². The molecular formula is C45H55FN2O6. The average molecular weight is 739 g/mol. The molecule has 11 unspecified atom stereocenters. The van der Waals surface area contributed by atoms with Gasteiger partial charge in [0.1, 0.15) is 11.4 Å². The van der Waals surface area contributed by atoms with Crippen LogP contribution in [0.1, 0.15) is 113 Å². The molecule has 9 heteroatoms. The zero-order valence-electron chi connectivity index (χ0n) is 32.2. The Morgan fingerprint density at radius 3 is 2.56 bits per heavy atom. The van der Waals surface area contributed by atoms with E-state index in [-0.39, 0.29) is 70.6 Å². The number of para-hydroxylation sites is 1. The van der Waals surface area contributed by atoms with E-state index in [0.29, 0.717) is 61.0 Å². The molecule has 0 spiro atoms. The Balaban J connectivity index is 1.05. The fraction of sp³-hybridized carbons (Fsp3) is 0.578. The molecule has 5 N–H and O–H groups in total. The number of benzene rings is 2. The molecule has 4 aliphatic carbocycles. The van der Waals surface area contributed by atoms with E-state index in [9.17, 15) is 30.0 Å². The van der Waals surface area contributed by atoms with Crippen molar-refractivity contribution in [2.75, 3.05) is 5.32 Å². The van der Waals surface area contributed by atoms with Crippen LogP contribution in [-0.4, -0.2) is 55.0 Å². The topological polar surface area (TPSA) is 140 Å². The number of nitrogens with zero attached hydrogens (tertiary/aromatic N) is 1. The van der Waals surface area contributed by atoms with Crippen LogP contribution in [0.15, 0.2) is 42.5 Å². The van der Waals surface area contributed by atoms with Gasteiger partial charge in [0, 0.05) is 18.4 Å². The van der Waals surface area contributed by atoms with E-state index in [1.54, 1.807) is 12.1 Å². The third kappa shape index (κ3) is 6.62. The number of hydrogen-bond acceptors (Lipinski definition) is 7. The molecule has 1 aromatic heterocycles. The Morgan fingerprint density at radius 1 is 1.07 bits per heavy atom. The summed E-state index contributed by atoms with van der Waals surface area (Å²) in [6.45, 7) is 10.2. The van der Waals surface area contributed by atoms with Gasteiger partial charge < -0.3 is 25.7 Å². The molecule has 288 valence electrons. The van der Waals surface area contributed by atoms with Crippen LogP contribution in [0.2, 0.25) is 0 Å². The molecule has 3 aromatic rings. The third-order valence-electron chi connectivity index (χ3n) is 14.8. The summed E-state index contributed by atoms with van der Waals surface area (Å²) in [5, 5.41) is 49.0. The molecule has 1 heterocycles. The number of carbonyl (C=O) groups excluding carboxylic acids is 1. The lowest BCUT2D eigenvalue weighted by molar-refractivity contribution is -0.211. The Bertz CT molecular complexity index is 2020. The van der Waals surface area contributed by atoms with Crippen LogP contribution in [0, 0.1) is 70.9 Å². The second kappa shape index (κ2) is 14.3. The highest BCUT2D eigenvalue weighted by atomic mass is 19.1. The highest BCUT2D eigenvalue weighted by Crippen LogP contribution is 2.69. The monoisotopic (exact) mass is 738 g/mol. The van der Waals surface area contributed by atoms with Gasteiger partial charge in [-0.1, -0.05) is 56.9 Å². The van der Waals surface area contributed by atoms with Gasteiger partial charge in [-0.2, -0.15) is 0 Å². The first-order chi connectivity index (χ1) is 25.6. The summed E-state index contributed by atoms with van der Waals surface area (Å²) in [5.41, 5.74) is 1.58.